The molecule has 1 aliphatic heterocycles. The second-order valence-electron chi connectivity index (χ2n) is 7.46. The fourth-order valence-corrected chi connectivity index (χ4v) is 3.40. The van der Waals surface area contributed by atoms with E-state index in [9.17, 15) is 18.0 Å². The van der Waals surface area contributed by atoms with Gasteiger partial charge in [0, 0.05) is 57.7 Å². The summed E-state index contributed by atoms with van der Waals surface area (Å²) in [6.45, 7) is 2.24. The summed E-state index contributed by atoms with van der Waals surface area (Å²) in [7, 11) is 0. The van der Waals surface area contributed by atoms with Crippen LogP contribution >= 0.6 is 0 Å². The molecule has 170 valence electrons. The van der Waals surface area contributed by atoms with Crippen LogP contribution in [-0.2, 0) is 16.0 Å². The van der Waals surface area contributed by atoms with E-state index in [0.29, 0.717) is 57.1 Å². The van der Waals surface area contributed by atoms with Gasteiger partial charge in [0.15, 0.2) is 0 Å². The zero-order valence-electron chi connectivity index (χ0n) is 17.3. The minimum atomic E-state index is -4.28. The third-order valence-electron chi connectivity index (χ3n) is 5.02. The highest BCUT2D eigenvalue weighted by Gasteiger charge is 2.27. The van der Waals surface area contributed by atoms with Crippen molar-refractivity contribution in [2.75, 3.05) is 45.9 Å². The summed E-state index contributed by atoms with van der Waals surface area (Å²) in [5.41, 5.74) is 0.863. The van der Waals surface area contributed by atoms with E-state index in [1.54, 1.807) is 0 Å². The second-order valence-corrected chi connectivity index (χ2v) is 7.46. The van der Waals surface area contributed by atoms with Crippen LogP contribution in [0, 0.1) is 0 Å². The first-order valence-corrected chi connectivity index (χ1v) is 10.4. The van der Waals surface area contributed by atoms with Gasteiger partial charge >= 0.3 is 6.18 Å². The molecule has 31 heavy (non-hydrogen) atoms. The predicted octanol–water partition coefficient (Wildman–Crippen LogP) is 3.17. The lowest BCUT2D eigenvalue weighted by atomic mass is 10.2. The Balaban J connectivity index is 1.29. The molecular weight excluding hydrogens is 413 g/mol. The molecule has 7 nitrogen and oxygen atoms in total. The molecule has 0 N–H and O–H groups in total. The molecule has 1 fully saturated rings. The number of hydrogen-bond donors (Lipinski definition) is 0. The molecule has 2 heterocycles. The Hall–Kier alpha value is -2.46. The second kappa shape index (κ2) is 11.2. The number of carbonyl (C=O) groups is 1. The molecule has 1 saturated heterocycles. The fraction of sp³-hybridized carbons (Fsp3) is 0.571. The van der Waals surface area contributed by atoms with Gasteiger partial charge < -0.3 is 14.1 Å². The number of halogens is 3. The minimum absolute atomic E-state index is 0.0836. The standard InChI is InChI=1S/C21H27F3N4O3/c22-21(23,24)16-30-15-5-10-27-11-13-28(14-12-27)19(29)9-4-8-18-25-26-20(31-18)17-6-2-1-3-7-17/h1-3,6-7H,4-5,8-16H2. The van der Waals surface area contributed by atoms with Gasteiger partial charge in [-0.1, -0.05) is 18.2 Å². The molecule has 1 aromatic heterocycles. The largest absolute Gasteiger partial charge is 0.421 e. The SMILES string of the molecule is O=C(CCCc1nnc(-c2ccccc2)o1)N1CCN(CCCOCC(F)(F)F)CC1. The van der Waals surface area contributed by atoms with Crippen molar-refractivity contribution in [1.82, 2.24) is 20.0 Å². The number of aryl methyl sites for hydroxylation is 1. The van der Waals surface area contributed by atoms with E-state index in [2.05, 4.69) is 19.8 Å². The van der Waals surface area contributed by atoms with Crippen molar-refractivity contribution in [3.05, 3.63) is 36.2 Å². The number of ether oxygens (including phenoxy) is 1. The van der Waals surface area contributed by atoms with Gasteiger partial charge in [-0.15, -0.1) is 10.2 Å². The van der Waals surface area contributed by atoms with Crippen LogP contribution in [0.4, 0.5) is 13.2 Å². The van der Waals surface area contributed by atoms with Gasteiger partial charge in [-0.05, 0) is 25.0 Å². The monoisotopic (exact) mass is 440 g/mol. The maximum Gasteiger partial charge on any atom is 0.411 e. The lowest BCUT2D eigenvalue weighted by Gasteiger charge is -2.34. The summed E-state index contributed by atoms with van der Waals surface area (Å²) < 4.78 is 46.4. The molecule has 0 saturated carbocycles. The molecule has 0 radical (unpaired) electrons. The van der Waals surface area contributed by atoms with E-state index in [1.165, 1.54) is 0 Å². The Labute approximate surface area is 179 Å². The van der Waals surface area contributed by atoms with Crippen molar-refractivity contribution in [2.24, 2.45) is 0 Å². The lowest BCUT2D eigenvalue weighted by molar-refractivity contribution is -0.174. The Morgan fingerprint density at radius 1 is 1.06 bits per heavy atom. The summed E-state index contributed by atoms with van der Waals surface area (Å²) in [5, 5.41) is 8.09. The third-order valence-corrected chi connectivity index (χ3v) is 5.02. The Morgan fingerprint density at radius 2 is 1.81 bits per heavy atom. The van der Waals surface area contributed by atoms with Crippen molar-refractivity contribution < 1.29 is 27.1 Å². The first kappa shape index (κ1) is 23.2. The van der Waals surface area contributed by atoms with Crippen LogP contribution in [0.5, 0.6) is 0 Å². The van der Waals surface area contributed by atoms with E-state index in [-0.39, 0.29) is 12.5 Å². The van der Waals surface area contributed by atoms with Crippen molar-refractivity contribution in [2.45, 2.75) is 31.9 Å². The van der Waals surface area contributed by atoms with Gasteiger partial charge in [0.1, 0.15) is 6.61 Å². The number of benzene rings is 1. The predicted molar refractivity (Wildman–Crippen MR) is 107 cm³/mol. The summed E-state index contributed by atoms with van der Waals surface area (Å²) in [5.74, 6) is 1.09. The molecule has 0 atom stereocenters. The highest BCUT2D eigenvalue weighted by atomic mass is 19.4. The summed E-state index contributed by atoms with van der Waals surface area (Å²) >= 11 is 0. The van der Waals surface area contributed by atoms with Gasteiger partial charge in [0.05, 0.1) is 0 Å². The number of hydrogen-bond acceptors (Lipinski definition) is 6. The van der Waals surface area contributed by atoms with Gasteiger partial charge in [0.2, 0.25) is 17.7 Å². The third kappa shape index (κ3) is 7.95. The van der Waals surface area contributed by atoms with Gasteiger partial charge in [-0.3, -0.25) is 9.69 Å². The molecule has 2 aromatic rings. The van der Waals surface area contributed by atoms with E-state index >= 15 is 0 Å². The number of aromatic nitrogens is 2. The van der Waals surface area contributed by atoms with Crippen molar-refractivity contribution in [3.63, 3.8) is 0 Å². The minimum Gasteiger partial charge on any atom is -0.421 e. The van der Waals surface area contributed by atoms with Crippen LogP contribution in [0.2, 0.25) is 0 Å². The first-order valence-electron chi connectivity index (χ1n) is 10.4. The van der Waals surface area contributed by atoms with Crippen LogP contribution in [-0.4, -0.2) is 78.0 Å². The van der Waals surface area contributed by atoms with E-state index < -0.39 is 12.8 Å². The van der Waals surface area contributed by atoms with Crippen molar-refractivity contribution >= 4 is 5.91 Å². The van der Waals surface area contributed by atoms with Crippen LogP contribution in [0.3, 0.4) is 0 Å². The highest BCUT2D eigenvalue weighted by molar-refractivity contribution is 5.76. The molecule has 1 amide bonds. The molecule has 0 spiro atoms. The quantitative estimate of drug-likeness (QED) is 0.529. The van der Waals surface area contributed by atoms with Gasteiger partial charge in [-0.2, -0.15) is 13.2 Å². The topological polar surface area (TPSA) is 71.7 Å². The molecule has 0 bridgehead atoms. The zero-order valence-corrected chi connectivity index (χ0v) is 17.3. The van der Waals surface area contributed by atoms with E-state index in [1.807, 2.05) is 35.2 Å². The van der Waals surface area contributed by atoms with Crippen molar-refractivity contribution in [1.29, 1.82) is 0 Å². The molecule has 1 aliphatic rings. The number of carbonyl (C=O) groups excluding carboxylic acids is 1. The molecule has 1 aromatic carbocycles. The van der Waals surface area contributed by atoms with Crippen LogP contribution in [0.25, 0.3) is 11.5 Å². The van der Waals surface area contributed by atoms with E-state index in [4.69, 9.17) is 4.42 Å². The summed E-state index contributed by atoms with van der Waals surface area (Å²) in [4.78, 5) is 16.4. The molecule has 0 unspecified atom stereocenters. The van der Waals surface area contributed by atoms with Crippen LogP contribution in [0.1, 0.15) is 25.2 Å². The number of alkyl halides is 3. The number of amides is 1. The van der Waals surface area contributed by atoms with Crippen LogP contribution in [0.15, 0.2) is 34.7 Å². The van der Waals surface area contributed by atoms with Gasteiger partial charge in [0.25, 0.3) is 0 Å². The Morgan fingerprint density at radius 3 is 2.52 bits per heavy atom. The maximum absolute atomic E-state index is 12.4. The normalized spacial score (nSPS) is 15.4. The smallest absolute Gasteiger partial charge is 0.411 e. The zero-order chi connectivity index (χ0) is 22.1. The maximum atomic E-state index is 12.4. The number of rotatable bonds is 10. The van der Waals surface area contributed by atoms with E-state index in [0.717, 1.165) is 18.7 Å². The summed E-state index contributed by atoms with van der Waals surface area (Å²) in [6.07, 6.45) is -2.15. The first-order chi connectivity index (χ1) is 14.9. The number of nitrogens with zero attached hydrogens (tertiary/aromatic N) is 4. The lowest BCUT2D eigenvalue weighted by Crippen LogP contribution is -2.48. The summed E-state index contributed by atoms with van der Waals surface area (Å²) in [6, 6.07) is 9.52. The average Bonchev–Trinajstić information content (AvgIpc) is 3.23. The number of piperazine rings is 1. The van der Waals surface area contributed by atoms with Gasteiger partial charge in [-0.25, -0.2) is 0 Å². The molecule has 0 aliphatic carbocycles. The molecule has 10 heteroatoms. The average molecular weight is 440 g/mol. The Kier molecular flexibility index (Phi) is 8.42. The molecule has 3 rings (SSSR count). The Bertz CT molecular complexity index is 806. The van der Waals surface area contributed by atoms with Crippen LogP contribution < -0.4 is 0 Å². The van der Waals surface area contributed by atoms with Crippen molar-refractivity contribution in [3.8, 4) is 11.5 Å². The highest BCUT2D eigenvalue weighted by Crippen LogP contribution is 2.18. The fourth-order valence-electron chi connectivity index (χ4n) is 3.40. The molecular formula is C21H27F3N4O3.